The second kappa shape index (κ2) is 17.0. The van der Waals surface area contributed by atoms with Crippen LogP contribution in [0.3, 0.4) is 0 Å². The Morgan fingerprint density at radius 2 is 1.54 bits per heavy atom. The number of aromatic carboxylic acids is 1. The lowest BCUT2D eigenvalue weighted by Crippen LogP contribution is -2.63. The minimum Gasteiger partial charge on any atom is -0.478 e. The lowest BCUT2D eigenvalue weighted by Gasteiger charge is -2.44. The molecule has 0 fully saturated rings. The summed E-state index contributed by atoms with van der Waals surface area (Å²) in [6, 6.07) is 15.9. The molecule has 13 heteroatoms. The molecule has 0 bridgehead atoms. The van der Waals surface area contributed by atoms with Gasteiger partial charge in [0.15, 0.2) is 0 Å². The molecule has 4 amide bonds. The van der Waals surface area contributed by atoms with E-state index in [2.05, 4.69) is 5.32 Å². The predicted molar refractivity (Wildman–Crippen MR) is 206 cm³/mol. The normalized spacial score (nSPS) is 16.0. The van der Waals surface area contributed by atoms with Crippen LogP contribution in [-0.4, -0.2) is 91.4 Å². The highest BCUT2D eigenvalue weighted by Gasteiger charge is 2.45. The molecule has 3 aromatic carbocycles. The molecule has 0 saturated carbocycles. The van der Waals surface area contributed by atoms with Gasteiger partial charge in [-0.25, -0.2) is 14.0 Å². The number of carbonyl (C=O) groups is 5. The average molecular weight is 763 g/mol. The number of amides is 4. The highest BCUT2D eigenvalue weighted by Crippen LogP contribution is 2.33. The van der Waals surface area contributed by atoms with Gasteiger partial charge >= 0.3 is 12.1 Å². The van der Waals surface area contributed by atoms with E-state index >= 15 is 9.18 Å². The number of likely N-dealkylation sites (N-methyl/N-ethyl adjacent to an activating group) is 1. The third-order valence-electron chi connectivity index (χ3n) is 9.87. The Balaban J connectivity index is 1.76. The molecular weight excluding hydrogens is 712 g/mol. The quantitative estimate of drug-likeness (QED) is 0.215. The largest absolute Gasteiger partial charge is 0.478 e. The van der Waals surface area contributed by atoms with Gasteiger partial charge in [-0.15, -0.1) is 0 Å². The summed E-state index contributed by atoms with van der Waals surface area (Å²) in [5, 5.41) is 12.4. The number of nitrogens with zero attached hydrogens (tertiary/aromatic N) is 3. The van der Waals surface area contributed by atoms with Crippen molar-refractivity contribution in [2.75, 3.05) is 13.3 Å². The van der Waals surface area contributed by atoms with Crippen LogP contribution in [0.15, 0.2) is 72.8 Å². The Bertz CT molecular complexity index is 1860. The summed E-state index contributed by atoms with van der Waals surface area (Å²) in [6.07, 6.45) is 1.29. The van der Waals surface area contributed by atoms with Crippen molar-refractivity contribution in [1.29, 1.82) is 0 Å². The van der Waals surface area contributed by atoms with Crippen LogP contribution in [-0.2, 0) is 38.6 Å². The van der Waals surface area contributed by atoms with Gasteiger partial charge in [0.05, 0.1) is 11.6 Å². The van der Waals surface area contributed by atoms with Crippen molar-refractivity contribution in [1.82, 2.24) is 20.0 Å². The third kappa shape index (κ3) is 9.79. The molecule has 0 aliphatic carbocycles. The molecule has 11 nitrogen and oxygen atoms in total. The molecule has 4 atom stereocenters. The maximum Gasteiger partial charge on any atom is 0.410 e. The molecule has 1 aliphatic rings. The summed E-state index contributed by atoms with van der Waals surface area (Å²) in [5.41, 5.74) is 1.91. The molecule has 54 heavy (non-hydrogen) atoms. The van der Waals surface area contributed by atoms with Crippen molar-refractivity contribution in [3.8, 4) is 0 Å². The number of ether oxygens (including phenoxy) is 1. The summed E-state index contributed by atoms with van der Waals surface area (Å²) in [6.45, 7) is 12.2. The number of nitrogens with one attached hydrogen (secondary N) is 1. The summed E-state index contributed by atoms with van der Waals surface area (Å²) in [5.74, 6) is -3.11. The van der Waals surface area contributed by atoms with Gasteiger partial charge in [-0.1, -0.05) is 54.6 Å². The van der Waals surface area contributed by atoms with E-state index < -0.39 is 70.1 Å². The highest BCUT2D eigenvalue weighted by atomic mass is 32.2. The van der Waals surface area contributed by atoms with E-state index in [0.717, 1.165) is 11.1 Å². The van der Waals surface area contributed by atoms with Crippen LogP contribution < -0.4 is 5.32 Å². The van der Waals surface area contributed by atoms with Gasteiger partial charge in [0.1, 0.15) is 29.5 Å². The Hall–Kier alpha value is -4.91. The van der Waals surface area contributed by atoms with Gasteiger partial charge in [-0.05, 0) is 89.6 Å². The monoisotopic (exact) mass is 762 g/mol. The number of hydrogen-bond donors (Lipinski definition) is 2. The van der Waals surface area contributed by atoms with Crippen LogP contribution in [0.1, 0.15) is 87.1 Å². The number of carboxylic acid groups (broad SMARTS) is 1. The SMILES string of the molecule is CSC(C)(C)[C@H](NC(=O)[C@H](C)N(C)C(=O)OC(C)(C)C)C(=O)N1Cc2ccccc2C[C@H]1C(=O)N(Cc1ccc(C(=O)O)cc1)[C@H](C)c1ccccc1F. The Kier molecular flexibility index (Phi) is 13.2. The first-order valence-corrected chi connectivity index (χ1v) is 19.0. The van der Waals surface area contributed by atoms with Gasteiger partial charge in [0, 0.05) is 36.9 Å². The zero-order valence-corrected chi connectivity index (χ0v) is 33.2. The maximum absolute atomic E-state index is 15.3. The van der Waals surface area contributed by atoms with Crippen LogP contribution in [0, 0.1) is 5.82 Å². The molecule has 290 valence electrons. The van der Waals surface area contributed by atoms with Crippen LogP contribution in [0.5, 0.6) is 0 Å². The minimum absolute atomic E-state index is 0.000600. The zero-order chi connectivity index (χ0) is 40.1. The molecular formula is C41H51FN4O7S. The summed E-state index contributed by atoms with van der Waals surface area (Å²) < 4.78 is 19.9. The van der Waals surface area contributed by atoms with E-state index in [-0.39, 0.29) is 30.6 Å². The standard InChI is InChI=1S/C41H51FN4O7S/c1-25(31-16-12-13-17-32(31)42)45(23-27-18-20-28(21-19-27)38(50)51)36(48)33-22-29-14-10-11-15-30(29)24-46(33)37(49)34(41(6,7)54-9)43-35(47)26(2)44(8)39(52)53-40(3,4)5/h10-21,25-26,33-34H,22-24H2,1-9H3,(H,43,47)(H,50,51)/t25-,26+,33+,34-/m1/s1. The van der Waals surface area contributed by atoms with E-state index in [4.69, 9.17) is 4.74 Å². The van der Waals surface area contributed by atoms with E-state index in [0.29, 0.717) is 5.56 Å². The molecule has 0 radical (unpaired) electrons. The molecule has 2 N–H and O–H groups in total. The Labute approximate surface area is 321 Å². The molecule has 1 aliphatic heterocycles. The highest BCUT2D eigenvalue weighted by molar-refractivity contribution is 8.00. The van der Waals surface area contributed by atoms with Crippen LogP contribution in [0.4, 0.5) is 9.18 Å². The maximum atomic E-state index is 15.3. The first kappa shape index (κ1) is 41.8. The fourth-order valence-corrected chi connectivity index (χ4v) is 6.65. The Morgan fingerprint density at radius 3 is 2.11 bits per heavy atom. The van der Waals surface area contributed by atoms with Crippen molar-refractivity contribution >= 4 is 41.5 Å². The number of carbonyl (C=O) groups excluding carboxylic acids is 4. The summed E-state index contributed by atoms with van der Waals surface area (Å²) in [7, 11) is 1.45. The average Bonchev–Trinajstić information content (AvgIpc) is 3.13. The van der Waals surface area contributed by atoms with E-state index in [9.17, 15) is 24.3 Å². The number of halogens is 1. The first-order valence-electron chi connectivity index (χ1n) is 17.8. The van der Waals surface area contributed by atoms with E-state index in [1.165, 1.54) is 51.7 Å². The van der Waals surface area contributed by atoms with Gasteiger partial charge in [-0.3, -0.25) is 19.3 Å². The number of benzene rings is 3. The lowest BCUT2D eigenvalue weighted by molar-refractivity contribution is -0.151. The van der Waals surface area contributed by atoms with Gasteiger partial charge in [-0.2, -0.15) is 11.8 Å². The lowest BCUT2D eigenvalue weighted by atomic mass is 9.90. The fraction of sp³-hybridized carbons (Fsp3) is 0.439. The second-order valence-corrected chi connectivity index (χ2v) is 16.6. The van der Waals surface area contributed by atoms with Gasteiger partial charge < -0.3 is 25.0 Å². The molecule has 0 saturated heterocycles. The zero-order valence-electron chi connectivity index (χ0n) is 32.4. The van der Waals surface area contributed by atoms with Crippen molar-refractivity contribution in [3.05, 3.63) is 106 Å². The van der Waals surface area contributed by atoms with E-state index in [1.54, 1.807) is 65.0 Å². The predicted octanol–water partition coefficient (Wildman–Crippen LogP) is 6.45. The summed E-state index contributed by atoms with van der Waals surface area (Å²) >= 11 is 1.37. The van der Waals surface area contributed by atoms with Crippen LogP contribution in [0.25, 0.3) is 0 Å². The third-order valence-corrected chi connectivity index (χ3v) is 11.2. The van der Waals surface area contributed by atoms with Crippen molar-refractivity contribution < 1.29 is 38.2 Å². The van der Waals surface area contributed by atoms with E-state index in [1.807, 2.05) is 44.4 Å². The van der Waals surface area contributed by atoms with Crippen LogP contribution in [0.2, 0.25) is 0 Å². The molecule has 3 aromatic rings. The van der Waals surface area contributed by atoms with Gasteiger partial charge in [0.25, 0.3) is 0 Å². The van der Waals surface area contributed by atoms with Crippen molar-refractivity contribution in [3.63, 3.8) is 0 Å². The van der Waals surface area contributed by atoms with Crippen molar-refractivity contribution in [2.24, 2.45) is 0 Å². The molecule has 0 aromatic heterocycles. The number of rotatable bonds is 12. The number of thioether (sulfide) groups is 1. The van der Waals surface area contributed by atoms with Crippen molar-refractivity contribution in [2.45, 2.75) is 102 Å². The van der Waals surface area contributed by atoms with Gasteiger partial charge in [0.2, 0.25) is 17.7 Å². The van der Waals surface area contributed by atoms with Crippen LogP contribution >= 0.6 is 11.8 Å². The second-order valence-electron chi connectivity index (χ2n) is 15.1. The summed E-state index contributed by atoms with van der Waals surface area (Å²) in [4.78, 5) is 72.4. The number of carboxylic acids is 1. The molecule has 1 heterocycles. The Morgan fingerprint density at radius 1 is 0.944 bits per heavy atom. The minimum atomic E-state index is -1.13. The number of fused-ring (bicyclic) bond motifs is 1. The molecule has 4 rings (SSSR count). The topological polar surface area (TPSA) is 137 Å². The molecule has 0 spiro atoms. The fourth-order valence-electron chi connectivity index (χ4n) is 6.25. The molecule has 0 unspecified atom stereocenters. The smallest absolute Gasteiger partial charge is 0.410 e. The number of hydrogen-bond acceptors (Lipinski definition) is 7. The first-order chi connectivity index (χ1) is 25.2.